The van der Waals surface area contributed by atoms with E-state index in [1.54, 1.807) is 0 Å². The molecule has 0 heterocycles. The van der Waals surface area contributed by atoms with Crippen LogP contribution >= 0.6 is 0 Å². The molecule has 0 rings (SSSR count). The lowest BCUT2D eigenvalue weighted by Gasteiger charge is -2.18. The van der Waals surface area contributed by atoms with Crippen LogP contribution in [-0.2, 0) is 28.6 Å². The van der Waals surface area contributed by atoms with Gasteiger partial charge in [0, 0.05) is 19.3 Å². The van der Waals surface area contributed by atoms with Crippen molar-refractivity contribution in [1.82, 2.24) is 0 Å². The summed E-state index contributed by atoms with van der Waals surface area (Å²) in [7, 11) is 0. The van der Waals surface area contributed by atoms with Gasteiger partial charge in [-0.3, -0.25) is 14.4 Å². The van der Waals surface area contributed by atoms with E-state index < -0.39 is 6.10 Å². The first-order valence-corrected chi connectivity index (χ1v) is 36.0. The second-order valence-electron chi connectivity index (χ2n) is 24.5. The highest BCUT2D eigenvalue weighted by atomic mass is 16.6. The maximum Gasteiger partial charge on any atom is 0.306 e. The van der Waals surface area contributed by atoms with Gasteiger partial charge < -0.3 is 14.2 Å². The third-order valence-electron chi connectivity index (χ3n) is 16.4. The molecule has 1 atom stereocenters. The standard InChI is InChI=1S/C74H138O6/c1-4-7-10-13-16-19-22-25-28-31-34-36-37-38-41-43-46-49-52-55-58-61-64-67-73(76)79-70-71(69-78-72(75)66-63-60-57-54-51-48-45-42-39-33-30-27-24-21-18-15-12-9-6-3)80-74(77)68-65-62-59-56-53-50-47-44-40-35-32-29-26-23-20-17-14-11-8-5-2/h22,25,27,30-31,34,71H,4-21,23-24,26,28-29,32-33,35-70H2,1-3H3/b25-22-,30-27-,34-31-. The molecule has 0 amide bonds. The molecule has 0 aromatic heterocycles. The Kier molecular flexibility index (Phi) is 67.1. The molecule has 470 valence electrons. The molecule has 0 aliphatic heterocycles. The zero-order valence-corrected chi connectivity index (χ0v) is 54.1. The Morgan fingerprint density at radius 2 is 0.450 bits per heavy atom. The van der Waals surface area contributed by atoms with Crippen LogP contribution in [0.5, 0.6) is 0 Å². The summed E-state index contributed by atoms with van der Waals surface area (Å²) < 4.78 is 17.0. The second-order valence-corrected chi connectivity index (χ2v) is 24.5. The van der Waals surface area contributed by atoms with Crippen molar-refractivity contribution in [3.05, 3.63) is 36.5 Å². The highest BCUT2D eigenvalue weighted by Gasteiger charge is 2.19. The zero-order valence-electron chi connectivity index (χ0n) is 54.1. The largest absolute Gasteiger partial charge is 0.462 e. The lowest BCUT2D eigenvalue weighted by Crippen LogP contribution is -2.30. The molecular weight excluding hydrogens is 985 g/mol. The van der Waals surface area contributed by atoms with Gasteiger partial charge in [0.05, 0.1) is 0 Å². The number of esters is 3. The van der Waals surface area contributed by atoms with Crippen molar-refractivity contribution in [3.63, 3.8) is 0 Å². The maximum absolute atomic E-state index is 13.0. The Bertz CT molecular complexity index is 1340. The fourth-order valence-electron chi connectivity index (χ4n) is 10.9. The fourth-order valence-corrected chi connectivity index (χ4v) is 10.9. The Hall–Kier alpha value is -2.37. The molecule has 0 aromatic rings. The van der Waals surface area contributed by atoms with E-state index in [4.69, 9.17) is 14.2 Å². The first-order chi connectivity index (χ1) is 39.5. The Morgan fingerprint density at radius 1 is 0.250 bits per heavy atom. The number of hydrogen-bond donors (Lipinski definition) is 0. The van der Waals surface area contributed by atoms with Crippen LogP contribution in [-0.4, -0.2) is 37.2 Å². The molecule has 0 aliphatic carbocycles. The van der Waals surface area contributed by atoms with Gasteiger partial charge in [-0.1, -0.05) is 340 Å². The van der Waals surface area contributed by atoms with Crippen molar-refractivity contribution in [2.24, 2.45) is 0 Å². The molecule has 0 aromatic carbocycles. The molecule has 0 radical (unpaired) electrons. The van der Waals surface area contributed by atoms with Crippen LogP contribution in [0, 0.1) is 0 Å². The van der Waals surface area contributed by atoms with E-state index in [-0.39, 0.29) is 31.1 Å². The van der Waals surface area contributed by atoms with Crippen LogP contribution in [0.15, 0.2) is 36.5 Å². The molecule has 0 spiro atoms. The molecule has 1 unspecified atom stereocenters. The van der Waals surface area contributed by atoms with E-state index in [0.717, 1.165) is 64.2 Å². The third-order valence-corrected chi connectivity index (χ3v) is 16.4. The highest BCUT2D eigenvalue weighted by molar-refractivity contribution is 5.71. The van der Waals surface area contributed by atoms with Gasteiger partial charge in [-0.15, -0.1) is 0 Å². The van der Waals surface area contributed by atoms with Crippen molar-refractivity contribution in [2.45, 2.75) is 406 Å². The van der Waals surface area contributed by atoms with Crippen LogP contribution in [0.25, 0.3) is 0 Å². The average molecular weight is 1120 g/mol. The van der Waals surface area contributed by atoms with Crippen molar-refractivity contribution < 1.29 is 28.6 Å². The van der Waals surface area contributed by atoms with E-state index in [9.17, 15) is 14.4 Å². The zero-order chi connectivity index (χ0) is 57.8. The van der Waals surface area contributed by atoms with Crippen molar-refractivity contribution in [3.8, 4) is 0 Å². The minimum Gasteiger partial charge on any atom is -0.462 e. The molecule has 6 nitrogen and oxygen atoms in total. The third kappa shape index (κ3) is 66.4. The van der Waals surface area contributed by atoms with Gasteiger partial charge in [0.25, 0.3) is 0 Å². The van der Waals surface area contributed by atoms with E-state index in [1.807, 2.05) is 0 Å². The minimum atomic E-state index is -0.773. The van der Waals surface area contributed by atoms with Crippen molar-refractivity contribution >= 4 is 17.9 Å². The summed E-state index contributed by atoms with van der Waals surface area (Å²) in [5.74, 6) is -0.840. The van der Waals surface area contributed by atoms with E-state index in [2.05, 4.69) is 57.2 Å². The average Bonchev–Trinajstić information content (AvgIpc) is 3.46. The van der Waals surface area contributed by atoms with Crippen LogP contribution < -0.4 is 0 Å². The molecule has 0 N–H and O–H groups in total. The Labute approximate surface area is 499 Å². The van der Waals surface area contributed by atoms with E-state index in [1.165, 1.54) is 295 Å². The number of carbonyl (C=O) groups is 3. The summed E-state index contributed by atoms with van der Waals surface area (Å²) in [6.45, 7) is 6.71. The summed E-state index contributed by atoms with van der Waals surface area (Å²) in [5.41, 5.74) is 0. The molecule has 0 fully saturated rings. The maximum atomic E-state index is 13.0. The molecule has 0 saturated heterocycles. The molecular formula is C74H138O6. The van der Waals surface area contributed by atoms with Gasteiger partial charge in [0.15, 0.2) is 6.10 Å². The van der Waals surface area contributed by atoms with E-state index in [0.29, 0.717) is 19.3 Å². The van der Waals surface area contributed by atoms with Gasteiger partial charge in [0.2, 0.25) is 0 Å². The fraction of sp³-hybridized carbons (Fsp3) is 0.878. The van der Waals surface area contributed by atoms with Crippen molar-refractivity contribution in [1.29, 1.82) is 0 Å². The highest BCUT2D eigenvalue weighted by Crippen LogP contribution is 2.18. The SMILES string of the molecule is CCCCCCC/C=C\C/C=C\CCCCCCCCCCCCCC(=O)OCC(COC(=O)CCCCCCCCCCC/C=C\CCCCCCCC)OC(=O)CCCCCCCCCCCCCCCCCCCCCC. The minimum absolute atomic E-state index is 0.0686. The predicted molar refractivity (Wildman–Crippen MR) is 349 cm³/mol. The van der Waals surface area contributed by atoms with Gasteiger partial charge in [0.1, 0.15) is 13.2 Å². The smallest absolute Gasteiger partial charge is 0.306 e. The summed E-state index contributed by atoms with van der Waals surface area (Å²) in [6, 6.07) is 0. The van der Waals surface area contributed by atoms with Crippen LogP contribution in [0.4, 0.5) is 0 Å². The Morgan fingerprint density at radius 3 is 0.700 bits per heavy atom. The van der Waals surface area contributed by atoms with Gasteiger partial charge >= 0.3 is 17.9 Å². The second kappa shape index (κ2) is 69.1. The molecule has 80 heavy (non-hydrogen) atoms. The molecule has 0 saturated carbocycles. The summed E-state index contributed by atoms with van der Waals surface area (Å²) in [4.78, 5) is 38.5. The predicted octanol–water partition coefficient (Wildman–Crippen LogP) is 24.7. The van der Waals surface area contributed by atoms with Gasteiger partial charge in [-0.25, -0.2) is 0 Å². The van der Waals surface area contributed by atoms with Crippen LogP contribution in [0.1, 0.15) is 400 Å². The lowest BCUT2D eigenvalue weighted by molar-refractivity contribution is -0.167. The number of allylic oxidation sites excluding steroid dienone is 6. The normalized spacial score (nSPS) is 12.2. The Balaban J connectivity index is 4.31. The first-order valence-electron chi connectivity index (χ1n) is 36.0. The number of ether oxygens (including phenoxy) is 3. The number of carbonyl (C=O) groups excluding carboxylic acids is 3. The number of hydrogen-bond acceptors (Lipinski definition) is 6. The molecule has 0 aliphatic rings. The summed E-state index contributed by atoms with van der Waals surface area (Å²) >= 11 is 0. The van der Waals surface area contributed by atoms with Gasteiger partial charge in [-0.05, 0) is 77.0 Å². The first kappa shape index (κ1) is 77.6. The summed E-state index contributed by atoms with van der Waals surface area (Å²) in [6.07, 6.45) is 85.9. The number of rotatable bonds is 67. The number of unbranched alkanes of at least 4 members (excludes halogenated alkanes) is 50. The summed E-state index contributed by atoms with van der Waals surface area (Å²) in [5, 5.41) is 0. The van der Waals surface area contributed by atoms with E-state index >= 15 is 0 Å². The van der Waals surface area contributed by atoms with Gasteiger partial charge in [-0.2, -0.15) is 0 Å². The molecule has 0 bridgehead atoms. The van der Waals surface area contributed by atoms with Crippen molar-refractivity contribution in [2.75, 3.05) is 13.2 Å². The van der Waals surface area contributed by atoms with Crippen LogP contribution in [0.3, 0.4) is 0 Å². The monoisotopic (exact) mass is 1120 g/mol. The topological polar surface area (TPSA) is 78.9 Å². The molecule has 6 heteroatoms. The lowest BCUT2D eigenvalue weighted by atomic mass is 10.0. The quantitative estimate of drug-likeness (QED) is 0.0261. The van der Waals surface area contributed by atoms with Crippen LogP contribution in [0.2, 0.25) is 0 Å².